The van der Waals surface area contributed by atoms with Crippen LogP contribution in [0.3, 0.4) is 0 Å². The molecule has 116 valence electrons. The fourth-order valence-electron chi connectivity index (χ4n) is 2.82. The van der Waals surface area contributed by atoms with Gasteiger partial charge in [-0.15, -0.1) is 0 Å². The van der Waals surface area contributed by atoms with Crippen LogP contribution in [0.15, 0.2) is 42.5 Å². The maximum Gasteiger partial charge on any atom is 0.161 e. The predicted octanol–water partition coefficient (Wildman–Crippen LogP) is 2.45. The molecule has 1 aliphatic heterocycles. The molecule has 1 unspecified atom stereocenters. The lowest BCUT2D eigenvalue weighted by Crippen LogP contribution is -2.32. The van der Waals surface area contributed by atoms with Gasteiger partial charge in [0, 0.05) is 0 Å². The lowest BCUT2D eigenvalue weighted by Gasteiger charge is -2.27. The number of hydrogen-bond donors (Lipinski definition) is 2. The fraction of sp³-hybridized carbons (Fsp3) is 0.333. The summed E-state index contributed by atoms with van der Waals surface area (Å²) in [6.07, 6.45) is 0.928. The Labute approximate surface area is 130 Å². The molecule has 0 amide bonds. The second-order valence-electron chi connectivity index (χ2n) is 5.42. The third-order valence-corrected chi connectivity index (χ3v) is 4.01. The lowest BCUT2D eigenvalue weighted by molar-refractivity contribution is 0.238. The average molecular weight is 299 g/mol. The third-order valence-electron chi connectivity index (χ3n) is 4.01. The largest absolute Gasteiger partial charge is 0.493 e. The van der Waals surface area contributed by atoms with E-state index in [2.05, 4.69) is 5.32 Å². The Balaban J connectivity index is 1.84. The van der Waals surface area contributed by atoms with E-state index in [9.17, 15) is 5.11 Å². The molecule has 0 aromatic heterocycles. The van der Waals surface area contributed by atoms with Crippen LogP contribution in [0.25, 0.3) is 0 Å². The lowest BCUT2D eigenvalue weighted by atomic mass is 9.94. The van der Waals surface area contributed by atoms with Gasteiger partial charge >= 0.3 is 0 Å². The van der Waals surface area contributed by atoms with Crippen molar-refractivity contribution >= 4 is 0 Å². The van der Waals surface area contributed by atoms with E-state index in [0.29, 0.717) is 12.4 Å². The van der Waals surface area contributed by atoms with Crippen molar-refractivity contribution < 1.29 is 14.6 Å². The van der Waals surface area contributed by atoms with Gasteiger partial charge in [0.05, 0.1) is 19.8 Å². The minimum atomic E-state index is -0.0270. The summed E-state index contributed by atoms with van der Waals surface area (Å²) in [5, 5.41) is 12.8. The molecule has 0 aliphatic carbocycles. The monoisotopic (exact) mass is 299 g/mol. The van der Waals surface area contributed by atoms with Crippen LogP contribution in [0.1, 0.15) is 22.7 Å². The molecule has 0 spiro atoms. The second kappa shape index (κ2) is 6.81. The number of ether oxygens (including phenoxy) is 2. The molecule has 1 heterocycles. The van der Waals surface area contributed by atoms with Gasteiger partial charge in [-0.3, -0.25) is 0 Å². The van der Waals surface area contributed by atoms with Gasteiger partial charge in [0.25, 0.3) is 0 Å². The number of methoxy groups -OCH3 is 1. The molecule has 0 radical (unpaired) electrons. The molecule has 0 saturated carbocycles. The zero-order chi connectivity index (χ0) is 15.4. The molecule has 2 N–H and O–H groups in total. The van der Waals surface area contributed by atoms with Gasteiger partial charge in [0.1, 0.15) is 6.61 Å². The molecular weight excluding hydrogens is 278 g/mol. The molecule has 22 heavy (non-hydrogen) atoms. The Bertz CT molecular complexity index is 628. The van der Waals surface area contributed by atoms with Crippen molar-refractivity contribution in [3.63, 3.8) is 0 Å². The van der Waals surface area contributed by atoms with Crippen molar-refractivity contribution in [1.82, 2.24) is 5.32 Å². The number of hydrogen-bond acceptors (Lipinski definition) is 4. The van der Waals surface area contributed by atoms with Crippen molar-refractivity contribution in [2.24, 2.45) is 0 Å². The number of rotatable bonds is 5. The highest BCUT2D eigenvalue weighted by Gasteiger charge is 2.22. The predicted molar refractivity (Wildman–Crippen MR) is 85.3 cm³/mol. The summed E-state index contributed by atoms with van der Waals surface area (Å²) in [5.41, 5.74) is 3.43. The van der Waals surface area contributed by atoms with Crippen LogP contribution in [-0.4, -0.2) is 25.4 Å². The summed E-state index contributed by atoms with van der Waals surface area (Å²) in [7, 11) is 1.64. The standard InChI is InChI=1S/C18H21NO3/c1-21-17-10-15-14(7-8-19-16(15)11-20)9-18(17)22-12-13-5-3-2-4-6-13/h2-6,9-10,16,19-20H,7-8,11-12H2,1H3. The van der Waals surface area contributed by atoms with Gasteiger partial charge in [-0.2, -0.15) is 0 Å². The number of benzene rings is 2. The summed E-state index contributed by atoms with van der Waals surface area (Å²) >= 11 is 0. The van der Waals surface area contributed by atoms with Gasteiger partial charge in [-0.1, -0.05) is 30.3 Å². The maximum absolute atomic E-state index is 9.49. The van der Waals surface area contributed by atoms with Crippen LogP contribution in [0.4, 0.5) is 0 Å². The average Bonchev–Trinajstić information content (AvgIpc) is 2.59. The van der Waals surface area contributed by atoms with Crippen LogP contribution in [0, 0.1) is 0 Å². The number of aliphatic hydroxyl groups excluding tert-OH is 1. The van der Waals surface area contributed by atoms with E-state index in [1.807, 2.05) is 42.5 Å². The first-order chi connectivity index (χ1) is 10.8. The Kier molecular flexibility index (Phi) is 4.61. The van der Waals surface area contributed by atoms with Gasteiger partial charge < -0.3 is 19.9 Å². The summed E-state index contributed by atoms with van der Waals surface area (Å²) in [5.74, 6) is 1.46. The van der Waals surface area contributed by atoms with Crippen LogP contribution >= 0.6 is 0 Å². The van der Waals surface area contributed by atoms with E-state index in [-0.39, 0.29) is 12.6 Å². The Morgan fingerprint density at radius 1 is 1.18 bits per heavy atom. The first-order valence-corrected chi connectivity index (χ1v) is 7.53. The Hall–Kier alpha value is -2.04. The molecule has 4 nitrogen and oxygen atoms in total. The number of fused-ring (bicyclic) bond motifs is 1. The van der Waals surface area contributed by atoms with E-state index in [1.54, 1.807) is 7.11 Å². The highest BCUT2D eigenvalue weighted by Crippen LogP contribution is 2.35. The van der Waals surface area contributed by atoms with E-state index in [1.165, 1.54) is 5.56 Å². The molecular formula is C18H21NO3. The van der Waals surface area contributed by atoms with Crippen molar-refractivity contribution in [3.8, 4) is 11.5 Å². The smallest absolute Gasteiger partial charge is 0.161 e. The van der Waals surface area contributed by atoms with E-state index in [0.717, 1.165) is 29.8 Å². The SMILES string of the molecule is COc1cc2c(cc1OCc1ccccc1)CCNC2CO. The molecule has 4 heteroatoms. The Morgan fingerprint density at radius 2 is 2.00 bits per heavy atom. The van der Waals surface area contributed by atoms with Crippen LogP contribution in [-0.2, 0) is 13.0 Å². The summed E-state index contributed by atoms with van der Waals surface area (Å²) in [6, 6.07) is 14.1. The topological polar surface area (TPSA) is 50.7 Å². The molecule has 2 aromatic rings. The van der Waals surface area contributed by atoms with E-state index in [4.69, 9.17) is 9.47 Å². The molecule has 1 aliphatic rings. The van der Waals surface area contributed by atoms with Crippen molar-refractivity contribution in [3.05, 3.63) is 59.2 Å². The van der Waals surface area contributed by atoms with Crippen LogP contribution < -0.4 is 14.8 Å². The van der Waals surface area contributed by atoms with Crippen LogP contribution in [0.5, 0.6) is 11.5 Å². The zero-order valence-electron chi connectivity index (χ0n) is 12.7. The molecule has 2 aromatic carbocycles. The minimum absolute atomic E-state index is 0.0270. The molecule has 0 saturated heterocycles. The molecule has 0 bridgehead atoms. The van der Waals surface area contributed by atoms with Crippen molar-refractivity contribution in [2.75, 3.05) is 20.3 Å². The summed E-state index contributed by atoms with van der Waals surface area (Å²) in [6.45, 7) is 1.46. The van der Waals surface area contributed by atoms with E-state index >= 15 is 0 Å². The molecule has 1 atom stereocenters. The number of nitrogens with one attached hydrogen (secondary N) is 1. The summed E-state index contributed by atoms with van der Waals surface area (Å²) in [4.78, 5) is 0. The highest BCUT2D eigenvalue weighted by molar-refractivity contribution is 5.49. The molecule has 3 rings (SSSR count). The second-order valence-corrected chi connectivity index (χ2v) is 5.42. The highest BCUT2D eigenvalue weighted by atomic mass is 16.5. The van der Waals surface area contributed by atoms with Crippen LogP contribution in [0.2, 0.25) is 0 Å². The minimum Gasteiger partial charge on any atom is -0.493 e. The quantitative estimate of drug-likeness (QED) is 0.890. The molecule has 0 fully saturated rings. The van der Waals surface area contributed by atoms with Crippen molar-refractivity contribution in [2.45, 2.75) is 19.1 Å². The maximum atomic E-state index is 9.49. The van der Waals surface area contributed by atoms with E-state index < -0.39 is 0 Å². The van der Waals surface area contributed by atoms with Gasteiger partial charge in [-0.25, -0.2) is 0 Å². The number of aliphatic hydroxyl groups is 1. The Morgan fingerprint density at radius 3 is 2.73 bits per heavy atom. The van der Waals surface area contributed by atoms with Gasteiger partial charge in [0.2, 0.25) is 0 Å². The third kappa shape index (κ3) is 3.08. The normalized spacial score (nSPS) is 16.9. The fourth-order valence-corrected chi connectivity index (χ4v) is 2.82. The van der Waals surface area contributed by atoms with Crippen molar-refractivity contribution in [1.29, 1.82) is 0 Å². The first kappa shape index (κ1) is 14.9. The van der Waals surface area contributed by atoms with Gasteiger partial charge in [0.15, 0.2) is 11.5 Å². The first-order valence-electron chi connectivity index (χ1n) is 7.53. The van der Waals surface area contributed by atoms with Gasteiger partial charge in [-0.05, 0) is 41.8 Å². The zero-order valence-corrected chi connectivity index (χ0v) is 12.7. The summed E-state index contributed by atoms with van der Waals surface area (Å²) < 4.78 is 11.4.